The van der Waals surface area contributed by atoms with Crippen molar-refractivity contribution in [1.29, 1.82) is 0 Å². The molecule has 0 heterocycles. The average Bonchev–Trinajstić information content (AvgIpc) is 2.55. The Morgan fingerprint density at radius 2 is 1.96 bits per heavy atom. The Hall–Kier alpha value is -1.73. The lowest BCUT2D eigenvalue weighted by Crippen LogP contribution is -2.14. The Balaban J connectivity index is 1.92. The van der Waals surface area contributed by atoms with Crippen LogP contribution in [0.25, 0.3) is 0 Å². The topological polar surface area (TPSA) is 47.6 Å². The molecule has 1 N–H and O–H groups in total. The van der Waals surface area contributed by atoms with Crippen LogP contribution in [0.1, 0.15) is 5.56 Å². The summed E-state index contributed by atoms with van der Waals surface area (Å²) in [6.07, 6.45) is 0. The maximum absolute atomic E-state index is 13.1. The van der Waals surface area contributed by atoms with E-state index in [4.69, 9.17) is 9.47 Å². The van der Waals surface area contributed by atoms with Gasteiger partial charge in [-0.3, -0.25) is 4.79 Å². The minimum Gasteiger partial charge on any atom is -0.496 e. The quantitative estimate of drug-likeness (QED) is 0.726. The number of carbonyl (C=O) groups excluding carboxylic acids is 1. The second-order valence-corrected chi connectivity index (χ2v) is 6.69. The van der Waals surface area contributed by atoms with Crippen LogP contribution in [0.5, 0.6) is 11.5 Å². The molecule has 7 heteroatoms. The second-order valence-electron chi connectivity index (χ2n) is 4.85. The van der Waals surface area contributed by atoms with Gasteiger partial charge in [-0.1, -0.05) is 6.07 Å². The molecule has 2 aromatic rings. The van der Waals surface area contributed by atoms with E-state index in [2.05, 4.69) is 21.2 Å². The molecule has 4 nitrogen and oxygen atoms in total. The highest BCUT2D eigenvalue weighted by molar-refractivity contribution is 9.10. The molecule has 0 spiro atoms. The van der Waals surface area contributed by atoms with E-state index in [1.54, 1.807) is 26.4 Å². The third-order valence-electron chi connectivity index (χ3n) is 3.15. The molecular weight excluding hydrogens is 397 g/mol. The first-order valence-corrected chi connectivity index (χ1v) is 9.02. The molecule has 24 heavy (non-hydrogen) atoms. The summed E-state index contributed by atoms with van der Waals surface area (Å²) in [4.78, 5) is 11.9. The number of ether oxygens (including phenoxy) is 2. The Kier molecular flexibility index (Phi) is 6.93. The molecule has 0 aliphatic heterocycles. The number of benzene rings is 2. The van der Waals surface area contributed by atoms with Crippen LogP contribution >= 0.6 is 27.7 Å². The van der Waals surface area contributed by atoms with Gasteiger partial charge in [-0.25, -0.2) is 4.39 Å². The summed E-state index contributed by atoms with van der Waals surface area (Å²) in [5, 5.41) is 2.67. The molecule has 0 aliphatic rings. The highest BCUT2D eigenvalue weighted by Gasteiger charge is 2.11. The molecule has 1 amide bonds. The first kappa shape index (κ1) is 18.6. The van der Waals surface area contributed by atoms with Crippen molar-refractivity contribution in [3.05, 3.63) is 52.3 Å². The lowest BCUT2D eigenvalue weighted by Gasteiger charge is -2.12. The Bertz CT molecular complexity index is 727. The fraction of sp³-hybridized carbons (Fsp3) is 0.235. The number of amides is 1. The van der Waals surface area contributed by atoms with Gasteiger partial charge in [0.1, 0.15) is 17.3 Å². The van der Waals surface area contributed by atoms with Crippen molar-refractivity contribution in [2.24, 2.45) is 0 Å². The molecule has 0 bridgehead atoms. The van der Waals surface area contributed by atoms with Gasteiger partial charge >= 0.3 is 0 Å². The van der Waals surface area contributed by atoms with Gasteiger partial charge in [0.25, 0.3) is 0 Å². The molecule has 0 unspecified atom stereocenters. The number of anilines is 1. The van der Waals surface area contributed by atoms with Gasteiger partial charge in [-0.15, -0.1) is 11.8 Å². The average molecular weight is 414 g/mol. The largest absolute Gasteiger partial charge is 0.496 e. The highest BCUT2D eigenvalue weighted by atomic mass is 79.9. The van der Waals surface area contributed by atoms with Crippen molar-refractivity contribution in [2.45, 2.75) is 5.75 Å². The molecule has 128 valence electrons. The van der Waals surface area contributed by atoms with Gasteiger partial charge in [0.15, 0.2) is 0 Å². The van der Waals surface area contributed by atoms with Crippen molar-refractivity contribution >= 4 is 39.3 Å². The zero-order chi connectivity index (χ0) is 17.5. The number of carbonyl (C=O) groups is 1. The van der Waals surface area contributed by atoms with Gasteiger partial charge in [-0.2, -0.15) is 0 Å². The summed E-state index contributed by atoms with van der Waals surface area (Å²) in [6, 6.07) is 9.52. The number of halogens is 2. The van der Waals surface area contributed by atoms with Crippen LogP contribution < -0.4 is 14.8 Å². The normalized spacial score (nSPS) is 10.3. The summed E-state index contributed by atoms with van der Waals surface area (Å²) in [6.45, 7) is 0. The molecule has 2 rings (SSSR count). The van der Waals surface area contributed by atoms with Crippen LogP contribution in [-0.4, -0.2) is 25.9 Å². The van der Waals surface area contributed by atoms with Crippen molar-refractivity contribution < 1.29 is 18.7 Å². The van der Waals surface area contributed by atoms with Gasteiger partial charge in [-0.05, 0) is 46.3 Å². The molecule has 2 aromatic carbocycles. The molecule has 0 aliphatic carbocycles. The minimum atomic E-state index is -0.382. The number of rotatable bonds is 7. The van der Waals surface area contributed by atoms with E-state index in [0.717, 1.165) is 15.8 Å². The molecule has 0 radical (unpaired) electrons. The molecule has 0 aromatic heterocycles. The molecule has 0 fully saturated rings. The molecular formula is C17H17BrFNO3S. The number of thioether (sulfide) groups is 1. The van der Waals surface area contributed by atoms with E-state index < -0.39 is 0 Å². The Morgan fingerprint density at radius 1 is 1.21 bits per heavy atom. The Labute approximate surface area is 152 Å². The SMILES string of the molecule is COc1cc(CSCC(=O)Nc2cccc(F)c2)c(OC)cc1Br. The van der Waals surface area contributed by atoms with Gasteiger partial charge in [0.05, 0.1) is 24.4 Å². The zero-order valence-corrected chi connectivity index (χ0v) is 15.7. The third kappa shape index (κ3) is 5.14. The zero-order valence-electron chi connectivity index (χ0n) is 13.3. The fourth-order valence-corrected chi connectivity index (χ4v) is 3.34. The smallest absolute Gasteiger partial charge is 0.234 e. The molecule has 0 saturated carbocycles. The van der Waals surface area contributed by atoms with Crippen LogP contribution in [0.4, 0.5) is 10.1 Å². The summed E-state index contributed by atoms with van der Waals surface area (Å²) in [5.74, 6) is 1.69. The van der Waals surface area contributed by atoms with Crippen LogP contribution in [0.3, 0.4) is 0 Å². The van der Waals surface area contributed by atoms with E-state index in [9.17, 15) is 9.18 Å². The summed E-state index contributed by atoms with van der Waals surface area (Å²) in [5.41, 5.74) is 1.38. The highest BCUT2D eigenvalue weighted by Crippen LogP contribution is 2.34. The minimum absolute atomic E-state index is 0.186. The summed E-state index contributed by atoms with van der Waals surface area (Å²) in [7, 11) is 3.19. The maximum Gasteiger partial charge on any atom is 0.234 e. The van der Waals surface area contributed by atoms with Crippen molar-refractivity contribution in [1.82, 2.24) is 0 Å². The lowest BCUT2D eigenvalue weighted by molar-refractivity contribution is -0.113. The summed E-state index contributed by atoms with van der Waals surface area (Å²) < 4.78 is 24.5. The van der Waals surface area contributed by atoms with Gasteiger partial charge in [0, 0.05) is 17.0 Å². The standard InChI is InChI=1S/C17H17BrFNO3S/c1-22-15-8-14(18)16(23-2)6-11(15)9-24-10-17(21)20-13-5-3-4-12(19)7-13/h3-8H,9-10H2,1-2H3,(H,20,21). The molecule has 0 saturated heterocycles. The monoisotopic (exact) mass is 413 g/mol. The lowest BCUT2D eigenvalue weighted by atomic mass is 10.2. The van der Waals surface area contributed by atoms with Crippen LogP contribution in [-0.2, 0) is 10.5 Å². The third-order valence-corrected chi connectivity index (χ3v) is 4.76. The predicted molar refractivity (Wildman–Crippen MR) is 98.4 cm³/mol. The fourth-order valence-electron chi connectivity index (χ4n) is 2.05. The predicted octanol–water partition coefficient (Wildman–Crippen LogP) is 4.48. The first-order valence-electron chi connectivity index (χ1n) is 7.07. The van der Waals surface area contributed by atoms with Gasteiger partial charge < -0.3 is 14.8 Å². The van der Waals surface area contributed by atoms with E-state index in [-0.39, 0.29) is 17.5 Å². The number of hydrogen-bond acceptors (Lipinski definition) is 4. The van der Waals surface area contributed by atoms with E-state index in [0.29, 0.717) is 17.2 Å². The number of methoxy groups -OCH3 is 2. The second kappa shape index (κ2) is 8.94. The van der Waals surface area contributed by atoms with Crippen LogP contribution in [0.2, 0.25) is 0 Å². The number of hydrogen-bond donors (Lipinski definition) is 1. The van der Waals surface area contributed by atoms with E-state index in [1.807, 2.05) is 12.1 Å². The van der Waals surface area contributed by atoms with Crippen LogP contribution in [0, 0.1) is 5.82 Å². The van der Waals surface area contributed by atoms with Gasteiger partial charge in [0.2, 0.25) is 5.91 Å². The first-order chi connectivity index (χ1) is 11.5. The van der Waals surface area contributed by atoms with E-state index >= 15 is 0 Å². The van der Waals surface area contributed by atoms with Crippen molar-refractivity contribution in [3.8, 4) is 11.5 Å². The van der Waals surface area contributed by atoms with E-state index in [1.165, 1.54) is 23.9 Å². The Morgan fingerprint density at radius 3 is 2.62 bits per heavy atom. The van der Waals surface area contributed by atoms with Crippen LogP contribution in [0.15, 0.2) is 40.9 Å². The maximum atomic E-state index is 13.1. The summed E-state index contributed by atoms with van der Waals surface area (Å²) >= 11 is 4.85. The van der Waals surface area contributed by atoms with Crippen molar-refractivity contribution in [3.63, 3.8) is 0 Å². The molecule has 0 atom stereocenters. The number of nitrogens with one attached hydrogen (secondary N) is 1. The van der Waals surface area contributed by atoms with Crippen molar-refractivity contribution in [2.75, 3.05) is 25.3 Å².